The minimum atomic E-state index is -0.596. The Morgan fingerprint density at radius 1 is 1.20 bits per heavy atom. The maximum atomic E-state index is 13.2. The third-order valence-electron chi connectivity index (χ3n) is 7.16. The van der Waals surface area contributed by atoms with Crippen LogP contribution < -0.4 is 16.0 Å². The fourth-order valence-electron chi connectivity index (χ4n) is 4.86. The summed E-state index contributed by atoms with van der Waals surface area (Å²) < 4.78 is 7.64. The lowest BCUT2D eigenvalue weighted by molar-refractivity contribution is -0.119. The molecule has 0 fully saturated rings. The van der Waals surface area contributed by atoms with Crippen LogP contribution in [0.5, 0.6) is 0 Å². The summed E-state index contributed by atoms with van der Waals surface area (Å²) in [4.78, 5) is 26.3. The molecule has 0 atom stereocenters. The molecule has 3 N–H and O–H groups in total. The second-order valence-electron chi connectivity index (χ2n) is 9.96. The maximum absolute atomic E-state index is 13.2. The van der Waals surface area contributed by atoms with E-state index in [0.717, 1.165) is 46.4 Å². The van der Waals surface area contributed by atoms with Gasteiger partial charge in [-0.15, -0.1) is 0 Å². The molecule has 0 aliphatic carbocycles. The van der Waals surface area contributed by atoms with Crippen LogP contribution in [0.1, 0.15) is 44.2 Å². The molecule has 1 aliphatic rings. The third-order valence-corrected chi connectivity index (χ3v) is 7.16. The Hall–Kier alpha value is -4.59. The number of urea groups is 1. The van der Waals surface area contributed by atoms with Crippen molar-refractivity contribution < 1.29 is 14.3 Å². The zero-order valence-corrected chi connectivity index (χ0v) is 23.3. The molecule has 0 bridgehead atoms. The normalized spacial score (nSPS) is 13.2. The molecule has 0 saturated carbocycles. The van der Waals surface area contributed by atoms with Gasteiger partial charge >= 0.3 is 6.03 Å². The number of primary amides is 1. The van der Waals surface area contributed by atoms with E-state index in [1.54, 1.807) is 12.1 Å². The Balaban J connectivity index is 1.42. The number of ether oxygens (including phenoxy) is 1. The van der Waals surface area contributed by atoms with Gasteiger partial charge in [-0.05, 0) is 79.1 Å². The fraction of sp³-hybridized carbons (Fsp3) is 0.281. The van der Waals surface area contributed by atoms with E-state index in [2.05, 4.69) is 29.6 Å². The van der Waals surface area contributed by atoms with Gasteiger partial charge in [-0.25, -0.2) is 4.79 Å². The van der Waals surface area contributed by atoms with Gasteiger partial charge in [0.15, 0.2) is 0 Å². The molecule has 1 aliphatic heterocycles. The lowest BCUT2D eigenvalue weighted by Gasteiger charge is -2.31. The molecule has 8 heteroatoms. The van der Waals surface area contributed by atoms with Gasteiger partial charge in [0.2, 0.25) is 5.91 Å². The number of nitrogens with zero attached hydrogens (tertiary/aromatic N) is 3. The number of carbonyl (C=O) groups is 2. The van der Waals surface area contributed by atoms with Gasteiger partial charge in [0.05, 0.1) is 19.3 Å². The van der Waals surface area contributed by atoms with E-state index < -0.39 is 6.03 Å². The molecule has 0 saturated heterocycles. The molecule has 0 unspecified atom stereocenters. The number of hydrogen-bond donors (Lipinski definition) is 2. The second kappa shape index (κ2) is 13.0. The molecule has 40 heavy (non-hydrogen) atoms. The summed E-state index contributed by atoms with van der Waals surface area (Å²) in [6.45, 7) is 13.4. The van der Waals surface area contributed by atoms with Gasteiger partial charge in [-0.3, -0.25) is 9.48 Å². The average Bonchev–Trinajstić information content (AvgIpc) is 3.41. The summed E-state index contributed by atoms with van der Waals surface area (Å²) in [6.07, 6.45) is 8.48. The van der Waals surface area contributed by atoms with Gasteiger partial charge in [-0.2, -0.15) is 5.10 Å². The number of hydrogen-bond acceptors (Lipinski definition) is 4. The van der Waals surface area contributed by atoms with Crippen molar-refractivity contribution in [1.29, 1.82) is 0 Å². The number of allylic oxidation sites excluding steroid dienone is 3. The molecule has 2 aromatic carbocycles. The van der Waals surface area contributed by atoms with Crippen LogP contribution in [0, 0.1) is 0 Å². The van der Waals surface area contributed by atoms with Crippen molar-refractivity contribution in [2.24, 2.45) is 5.73 Å². The van der Waals surface area contributed by atoms with Crippen LogP contribution in [0.25, 0.3) is 11.1 Å². The number of rotatable bonds is 11. The van der Waals surface area contributed by atoms with Crippen molar-refractivity contribution in [3.63, 3.8) is 0 Å². The molecule has 8 nitrogen and oxygen atoms in total. The first kappa shape index (κ1) is 28.4. The smallest absolute Gasteiger partial charge is 0.316 e. The molecule has 3 aromatic rings. The Labute approximate surface area is 235 Å². The van der Waals surface area contributed by atoms with Gasteiger partial charge < -0.3 is 20.7 Å². The standard InChI is InChI=1S/C32H37N5O3/c1-5-22(2)23(3)24(4)40-17-9-15-31(38)37-16-8-13-29-28(12-7-14-30(29)37)26-19-34-36(21-26)20-25-10-6-11-27(18-25)35-32(33)39/h5-7,10-12,14,18-19,21H,1,4,8-9,13,15-17,20H2,2-3H3,(H3,33,35,39)/b23-22-. The minimum absolute atomic E-state index is 0.0991. The van der Waals surface area contributed by atoms with Crippen molar-refractivity contribution in [2.45, 2.75) is 46.1 Å². The zero-order chi connectivity index (χ0) is 28.6. The van der Waals surface area contributed by atoms with Crippen LogP contribution in [-0.2, 0) is 22.5 Å². The number of benzene rings is 2. The third kappa shape index (κ3) is 6.88. The number of nitrogens with one attached hydrogen (secondary N) is 1. The monoisotopic (exact) mass is 539 g/mol. The first-order valence-corrected chi connectivity index (χ1v) is 13.5. The highest BCUT2D eigenvalue weighted by Crippen LogP contribution is 2.36. The zero-order valence-electron chi connectivity index (χ0n) is 23.3. The Bertz CT molecular complexity index is 1450. The summed E-state index contributed by atoms with van der Waals surface area (Å²) in [7, 11) is 0. The lowest BCUT2D eigenvalue weighted by Crippen LogP contribution is -2.35. The number of fused-ring (bicyclic) bond motifs is 1. The van der Waals surface area contributed by atoms with Crippen molar-refractivity contribution >= 4 is 23.3 Å². The average molecular weight is 540 g/mol. The van der Waals surface area contributed by atoms with Crippen LogP contribution in [0.4, 0.5) is 16.2 Å². The van der Waals surface area contributed by atoms with Crippen LogP contribution in [0.15, 0.2) is 91.0 Å². The number of nitrogens with two attached hydrogens (primary N) is 1. The highest BCUT2D eigenvalue weighted by Gasteiger charge is 2.24. The number of anilines is 2. The first-order valence-electron chi connectivity index (χ1n) is 13.5. The van der Waals surface area contributed by atoms with E-state index in [9.17, 15) is 9.59 Å². The van der Waals surface area contributed by atoms with Gasteiger partial charge in [0.1, 0.15) is 5.76 Å². The minimum Gasteiger partial charge on any atom is -0.494 e. The predicted octanol–water partition coefficient (Wildman–Crippen LogP) is 6.20. The molecule has 0 spiro atoms. The topological polar surface area (TPSA) is 102 Å². The summed E-state index contributed by atoms with van der Waals surface area (Å²) in [5.41, 5.74) is 13.1. The fourth-order valence-corrected chi connectivity index (χ4v) is 4.86. The van der Waals surface area contributed by atoms with E-state index >= 15 is 0 Å². The first-order chi connectivity index (χ1) is 19.3. The second-order valence-corrected chi connectivity index (χ2v) is 9.96. The number of aromatic nitrogens is 2. The van der Waals surface area contributed by atoms with Gasteiger partial charge in [0.25, 0.3) is 0 Å². The van der Waals surface area contributed by atoms with Crippen LogP contribution in [0.3, 0.4) is 0 Å². The van der Waals surface area contributed by atoms with E-state index in [1.165, 1.54) is 5.56 Å². The summed E-state index contributed by atoms with van der Waals surface area (Å²) >= 11 is 0. The van der Waals surface area contributed by atoms with Gasteiger partial charge in [0, 0.05) is 36.1 Å². The molecule has 1 aromatic heterocycles. The number of amides is 3. The molecule has 3 amide bonds. The van der Waals surface area contributed by atoms with Crippen molar-refractivity contribution in [3.8, 4) is 11.1 Å². The van der Waals surface area contributed by atoms with E-state index in [0.29, 0.717) is 44.0 Å². The SMILES string of the molecule is C=C/C(C)=C(/C)C(=C)OCCCC(=O)N1CCCc2c(-c3cnn(Cc4cccc(NC(N)=O)c4)c3)cccc21. The van der Waals surface area contributed by atoms with Crippen LogP contribution in [0.2, 0.25) is 0 Å². The Morgan fingerprint density at radius 2 is 2.00 bits per heavy atom. The molecular formula is C32H37N5O3. The molecule has 2 heterocycles. The highest BCUT2D eigenvalue weighted by molar-refractivity contribution is 5.96. The highest BCUT2D eigenvalue weighted by atomic mass is 16.5. The van der Waals surface area contributed by atoms with Gasteiger partial charge in [-0.1, -0.05) is 43.5 Å². The summed E-state index contributed by atoms with van der Waals surface area (Å²) in [6, 6.07) is 13.0. The van der Waals surface area contributed by atoms with Crippen LogP contribution in [-0.4, -0.2) is 34.9 Å². The Morgan fingerprint density at radius 3 is 2.77 bits per heavy atom. The largest absolute Gasteiger partial charge is 0.494 e. The molecule has 0 radical (unpaired) electrons. The molecular weight excluding hydrogens is 502 g/mol. The number of carbonyl (C=O) groups excluding carboxylic acids is 2. The van der Waals surface area contributed by atoms with E-state index in [4.69, 9.17) is 10.5 Å². The summed E-state index contributed by atoms with van der Waals surface area (Å²) in [5, 5.41) is 7.17. The predicted molar refractivity (Wildman–Crippen MR) is 160 cm³/mol. The molecule has 208 valence electrons. The summed E-state index contributed by atoms with van der Waals surface area (Å²) in [5.74, 6) is 0.718. The van der Waals surface area contributed by atoms with Crippen molar-refractivity contribution in [3.05, 3.63) is 102 Å². The quantitative estimate of drug-likeness (QED) is 0.172. The van der Waals surface area contributed by atoms with E-state index in [-0.39, 0.29) is 5.91 Å². The van der Waals surface area contributed by atoms with E-state index in [1.807, 2.05) is 66.2 Å². The molecule has 4 rings (SSSR count). The lowest BCUT2D eigenvalue weighted by atomic mass is 9.93. The van der Waals surface area contributed by atoms with Crippen LogP contribution >= 0.6 is 0 Å². The van der Waals surface area contributed by atoms with Crippen molar-refractivity contribution in [1.82, 2.24) is 9.78 Å². The Kier molecular flexibility index (Phi) is 9.22. The van der Waals surface area contributed by atoms with Crippen molar-refractivity contribution in [2.75, 3.05) is 23.4 Å². The maximum Gasteiger partial charge on any atom is 0.316 e.